The van der Waals surface area contributed by atoms with Crippen LogP contribution in [0.25, 0.3) is 0 Å². The van der Waals surface area contributed by atoms with Crippen molar-refractivity contribution in [3.05, 3.63) is 24.3 Å². The Labute approximate surface area is 157 Å². The van der Waals surface area contributed by atoms with Crippen molar-refractivity contribution >= 4 is 23.2 Å². The molecule has 5 heteroatoms. The number of carbonyl (C=O) groups is 2. The lowest BCUT2D eigenvalue weighted by molar-refractivity contribution is -0.121. The number of piperidine rings is 1. The quantitative estimate of drug-likeness (QED) is 0.772. The molecule has 0 saturated carbocycles. The minimum Gasteiger partial charge on any atom is -0.372 e. The van der Waals surface area contributed by atoms with E-state index in [0.29, 0.717) is 25.4 Å². The van der Waals surface area contributed by atoms with Crippen LogP contribution in [0, 0.1) is 5.92 Å². The third-order valence-corrected chi connectivity index (χ3v) is 4.87. The lowest BCUT2D eigenvalue weighted by atomic mass is 10.1. The topological polar surface area (TPSA) is 52.7 Å². The van der Waals surface area contributed by atoms with Gasteiger partial charge in [-0.05, 0) is 55.9 Å². The first-order valence-electron chi connectivity index (χ1n) is 9.87. The van der Waals surface area contributed by atoms with Crippen LogP contribution in [0.5, 0.6) is 0 Å². The van der Waals surface area contributed by atoms with Gasteiger partial charge in [0.2, 0.25) is 11.8 Å². The molecular formula is C21H33N3O2. The summed E-state index contributed by atoms with van der Waals surface area (Å²) in [4.78, 5) is 28.1. The van der Waals surface area contributed by atoms with Crippen LogP contribution in [-0.4, -0.2) is 38.0 Å². The zero-order chi connectivity index (χ0) is 18.9. The van der Waals surface area contributed by atoms with E-state index in [0.717, 1.165) is 25.2 Å². The van der Waals surface area contributed by atoms with Gasteiger partial charge in [0.05, 0.1) is 0 Å². The molecule has 2 amide bonds. The summed E-state index contributed by atoms with van der Waals surface area (Å²) in [7, 11) is 0. The van der Waals surface area contributed by atoms with Crippen LogP contribution in [-0.2, 0) is 9.59 Å². The number of hydrogen-bond acceptors (Lipinski definition) is 3. The molecule has 0 unspecified atom stereocenters. The minimum atomic E-state index is -0.0364. The van der Waals surface area contributed by atoms with E-state index < -0.39 is 0 Å². The highest BCUT2D eigenvalue weighted by atomic mass is 16.2. The second kappa shape index (κ2) is 10.2. The molecule has 144 valence electrons. The van der Waals surface area contributed by atoms with E-state index in [4.69, 9.17) is 0 Å². The molecule has 0 atom stereocenters. The van der Waals surface area contributed by atoms with Crippen LogP contribution >= 0.6 is 0 Å². The molecule has 1 heterocycles. The Morgan fingerprint density at radius 1 is 1.12 bits per heavy atom. The van der Waals surface area contributed by atoms with Gasteiger partial charge in [-0.1, -0.05) is 13.8 Å². The Morgan fingerprint density at radius 3 is 2.35 bits per heavy atom. The maximum Gasteiger partial charge on any atom is 0.223 e. The van der Waals surface area contributed by atoms with Crippen molar-refractivity contribution in [3.63, 3.8) is 0 Å². The average Bonchev–Trinajstić information content (AvgIpc) is 2.62. The van der Waals surface area contributed by atoms with Gasteiger partial charge < -0.3 is 15.1 Å². The van der Waals surface area contributed by atoms with Crippen LogP contribution in [0.4, 0.5) is 11.4 Å². The second-order valence-electron chi connectivity index (χ2n) is 7.52. The van der Waals surface area contributed by atoms with Gasteiger partial charge >= 0.3 is 0 Å². The molecule has 0 spiro atoms. The normalized spacial score (nSPS) is 14.4. The number of rotatable bonds is 8. The molecule has 1 aliphatic rings. The summed E-state index contributed by atoms with van der Waals surface area (Å²) >= 11 is 0. The molecule has 26 heavy (non-hydrogen) atoms. The SMILES string of the molecule is CC(=O)N(CCC(=O)NCCC(C)C)c1ccc(N2CCCCC2)cc1. The predicted molar refractivity (Wildman–Crippen MR) is 108 cm³/mol. The summed E-state index contributed by atoms with van der Waals surface area (Å²) in [5, 5.41) is 2.93. The first-order chi connectivity index (χ1) is 12.5. The fraction of sp³-hybridized carbons (Fsp3) is 0.619. The van der Waals surface area contributed by atoms with Crippen LogP contribution in [0.1, 0.15) is 52.9 Å². The third kappa shape index (κ3) is 6.36. The monoisotopic (exact) mass is 359 g/mol. The van der Waals surface area contributed by atoms with Crippen molar-refractivity contribution in [2.75, 3.05) is 36.0 Å². The predicted octanol–water partition coefficient (Wildman–Crippen LogP) is 3.58. The number of anilines is 2. The van der Waals surface area contributed by atoms with Gasteiger partial charge in [-0.15, -0.1) is 0 Å². The molecule has 1 fully saturated rings. The highest BCUT2D eigenvalue weighted by Gasteiger charge is 2.15. The number of amides is 2. The smallest absolute Gasteiger partial charge is 0.223 e. The van der Waals surface area contributed by atoms with Crippen LogP contribution in [0.15, 0.2) is 24.3 Å². The van der Waals surface area contributed by atoms with Crippen LogP contribution in [0.3, 0.4) is 0 Å². The van der Waals surface area contributed by atoms with Crippen molar-refractivity contribution < 1.29 is 9.59 Å². The lowest BCUT2D eigenvalue weighted by Gasteiger charge is -2.29. The lowest BCUT2D eigenvalue weighted by Crippen LogP contribution is -2.34. The highest BCUT2D eigenvalue weighted by Crippen LogP contribution is 2.24. The molecule has 0 aromatic heterocycles. The Morgan fingerprint density at radius 2 is 1.77 bits per heavy atom. The fourth-order valence-corrected chi connectivity index (χ4v) is 3.27. The molecule has 1 aliphatic heterocycles. The summed E-state index contributed by atoms with van der Waals surface area (Å²) in [6.45, 7) is 9.13. The molecule has 1 aromatic rings. The van der Waals surface area contributed by atoms with E-state index in [9.17, 15) is 9.59 Å². The summed E-state index contributed by atoms with van der Waals surface area (Å²) in [6.07, 6.45) is 5.10. The van der Waals surface area contributed by atoms with E-state index in [1.54, 1.807) is 11.8 Å². The Hall–Kier alpha value is -2.04. The van der Waals surface area contributed by atoms with Gasteiger partial charge in [0, 0.05) is 50.9 Å². The second-order valence-corrected chi connectivity index (χ2v) is 7.52. The first kappa shape index (κ1) is 20.3. The Kier molecular flexibility index (Phi) is 7.95. The maximum absolute atomic E-state index is 12.0. The maximum atomic E-state index is 12.0. The largest absolute Gasteiger partial charge is 0.372 e. The van der Waals surface area contributed by atoms with Crippen LogP contribution in [0.2, 0.25) is 0 Å². The molecule has 0 radical (unpaired) electrons. The first-order valence-corrected chi connectivity index (χ1v) is 9.87. The number of nitrogens with one attached hydrogen (secondary N) is 1. The van der Waals surface area contributed by atoms with Crippen molar-refractivity contribution in [1.29, 1.82) is 0 Å². The van der Waals surface area contributed by atoms with E-state index in [2.05, 4.69) is 36.2 Å². The average molecular weight is 360 g/mol. The number of benzene rings is 1. The number of carbonyl (C=O) groups excluding carboxylic acids is 2. The van der Waals surface area contributed by atoms with E-state index >= 15 is 0 Å². The molecule has 1 N–H and O–H groups in total. The van der Waals surface area contributed by atoms with Crippen molar-refractivity contribution in [2.24, 2.45) is 5.92 Å². The standard InChI is InChI=1S/C21H33N3O2/c1-17(2)11-13-22-21(26)12-16-24(18(3)25)20-9-7-19(8-10-20)23-14-5-4-6-15-23/h7-10,17H,4-6,11-16H2,1-3H3,(H,22,26). The summed E-state index contributed by atoms with van der Waals surface area (Å²) in [5.74, 6) is 0.537. The van der Waals surface area contributed by atoms with E-state index in [-0.39, 0.29) is 11.8 Å². The molecule has 0 bridgehead atoms. The third-order valence-electron chi connectivity index (χ3n) is 4.87. The van der Waals surface area contributed by atoms with Crippen LogP contribution < -0.4 is 15.1 Å². The van der Waals surface area contributed by atoms with E-state index in [1.165, 1.54) is 24.9 Å². The van der Waals surface area contributed by atoms with Crippen molar-refractivity contribution in [2.45, 2.75) is 52.9 Å². The van der Waals surface area contributed by atoms with Gasteiger partial charge in [0.25, 0.3) is 0 Å². The minimum absolute atomic E-state index is 0.00170. The molecule has 1 saturated heterocycles. The van der Waals surface area contributed by atoms with Gasteiger partial charge in [-0.2, -0.15) is 0 Å². The number of hydrogen-bond donors (Lipinski definition) is 1. The molecule has 1 aromatic carbocycles. The Bertz CT molecular complexity index is 577. The number of nitrogens with zero attached hydrogens (tertiary/aromatic N) is 2. The fourth-order valence-electron chi connectivity index (χ4n) is 3.27. The Balaban J connectivity index is 1.90. The summed E-state index contributed by atoms with van der Waals surface area (Å²) < 4.78 is 0. The molecule has 0 aliphatic carbocycles. The van der Waals surface area contributed by atoms with Gasteiger partial charge in [-0.25, -0.2) is 0 Å². The van der Waals surface area contributed by atoms with E-state index in [1.807, 2.05) is 12.1 Å². The molecule has 5 nitrogen and oxygen atoms in total. The molecule has 2 rings (SSSR count). The zero-order valence-corrected chi connectivity index (χ0v) is 16.5. The van der Waals surface area contributed by atoms with Gasteiger partial charge in [0.15, 0.2) is 0 Å². The zero-order valence-electron chi connectivity index (χ0n) is 16.5. The van der Waals surface area contributed by atoms with Gasteiger partial charge in [0.1, 0.15) is 0 Å². The summed E-state index contributed by atoms with van der Waals surface area (Å²) in [5.41, 5.74) is 2.07. The van der Waals surface area contributed by atoms with Crippen molar-refractivity contribution in [3.8, 4) is 0 Å². The summed E-state index contributed by atoms with van der Waals surface area (Å²) in [6, 6.07) is 8.14. The molecular weight excluding hydrogens is 326 g/mol. The highest BCUT2D eigenvalue weighted by molar-refractivity contribution is 5.92. The van der Waals surface area contributed by atoms with Gasteiger partial charge in [-0.3, -0.25) is 9.59 Å². The van der Waals surface area contributed by atoms with Crippen molar-refractivity contribution in [1.82, 2.24) is 5.32 Å².